The lowest BCUT2D eigenvalue weighted by atomic mass is 9.97. The zero-order chi connectivity index (χ0) is 19.7. The van der Waals surface area contributed by atoms with Gasteiger partial charge in [0.05, 0.1) is 0 Å². The average Bonchev–Trinajstić information content (AvgIpc) is 2.98. The minimum Gasteiger partial charge on any atom is -0.322 e. The maximum Gasteiger partial charge on any atom is 0.255 e. The summed E-state index contributed by atoms with van der Waals surface area (Å²) in [5, 5.41) is 5.75. The molecule has 3 aliphatic rings. The van der Waals surface area contributed by atoms with Gasteiger partial charge in [-0.1, -0.05) is 12.1 Å². The molecule has 0 spiro atoms. The lowest BCUT2D eigenvalue weighted by molar-refractivity contribution is -0.136. The Morgan fingerprint density at radius 1 is 1.14 bits per heavy atom. The first-order chi connectivity index (χ1) is 13.5. The summed E-state index contributed by atoms with van der Waals surface area (Å²) in [5.74, 6) is 0.00759. The Bertz CT molecular complexity index is 788. The van der Waals surface area contributed by atoms with E-state index in [4.69, 9.17) is 0 Å². The predicted molar refractivity (Wildman–Crippen MR) is 104 cm³/mol. The fourth-order valence-corrected chi connectivity index (χ4v) is 4.61. The van der Waals surface area contributed by atoms with Crippen LogP contribution in [0.25, 0.3) is 0 Å². The molecule has 2 saturated heterocycles. The molecule has 28 heavy (non-hydrogen) atoms. The van der Waals surface area contributed by atoms with Crippen LogP contribution in [0.15, 0.2) is 18.2 Å². The van der Waals surface area contributed by atoms with Crippen molar-refractivity contribution in [3.05, 3.63) is 34.9 Å². The number of fused-ring (bicyclic) bond motifs is 1. The quantitative estimate of drug-likeness (QED) is 0.737. The van der Waals surface area contributed by atoms with E-state index in [2.05, 4.69) is 28.6 Å². The van der Waals surface area contributed by atoms with E-state index in [0.717, 1.165) is 37.7 Å². The zero-order valence-corrected chi connectivity index (χ0v) is 16.4. The summed E-state index contributed by atoms with van der Waals surface area (Å²) in [5.41, 5.74) is 2.84. The van der Waals surface area contributed by atoms with Crippen molar-refractivity contribution in [2.24, 2.45) is 5.92 Å². The topological polar surface area (TPSA) is 81.8 Å². The number of amides is 3. The van der Waals surface area contributed by atoms with Crippen molar-refractivity contribution in [1.29, 1.82) is 0 Å². The summed E-state index contributed by atoms with van der Waals surface area (Å²) in [4.78, 5) is 40.3. The molecule has 2 N–H and O–H groups in total. The van der Waals surface area contributed by atoms with E-state index < -0.39 is 6.04 Å². The van der Waals surface area contributed by atoms with Gasteiger partial charge in [-0.3, -0.25) is 19.7 Å². The van der Waals surface area contributed by atoms with Crippen LogP contribution in [-0.4, -0.2) is 60.2 Å². The zero-order valence-electron chi connectivity index (χ0n) is 16.4. The fraction of sp³-hybridized carbons (Fsp3) is 0.571. The second kappa shape index (κ2) is 8.01. The molecule has 0 bridgehead atoms. The number of hydrogen-bond acceptors (Lipinski definition) is 5. The van der Waals surface area contributed by atoms with E-state index in [9.17, 15) is 14.4 Å². The molecule has 3 aliphatic heterocycles. The molecule has 3 heterocycles. The summed E-state index contributed by atoms with van der Waals surface area (Å²) >= 11 is 0. The van der Waals surface area contributed by atoms with Crippen LogP contribution in [0.5, 0.6) is 0 Å². The Balaban J connectivity index is 1.40. The minimum absolute atomic E-state index is 0.112. The fourth-order valence-electron chi connectivity index (χ4n) is 4.61. The van der Waals surface area contributed by atoms with Crippen LogP contribution in [0.2, 0.25) is 0 Å². The third kappa shape index (κ3) is 3.95. The largest absolute Gasteiger partial charge is 0.322 e. The molecule has 7 nitrogen and oxygen atoms in total. The van der Waals surface area contributed by atoms with Gasteiger partial charge in [0.2, 0.25) is 11.8 Å². The number of carbonyl (C=O) groups excluding carboxylic acids is 3. The van der Waals surface area contributed by atoms with Gasteiger partial charge in [0, 0.05) is 31.6 Å². The van der Waals surface area contributed by atoms with E-state index in [-0.39, 0.29) is 24.1 Å². The number of imide groups is 1. The number of carbonyl (C=O) groups is 3. The van der Waals surface area contributed by atoms with E-state index in [1.807, 2.05) is 12.1 Å². The number of rotatable bonds is 5. The molecule has 0 aliphatic carbocycles. The normalized spacial score (nSPS) is 23.3. The molecular weight excluding hydrogens is 356 g/mol. The highest BCUT2D eigenvalue weighted by atomic mass is 16.2. The van der Waals surface area contributed by atoms with Gasteiger partial charge in [-0.15, -0.1) is 0 Å². The number of nitrogens with zero attached hydrogens (tertiary/aromatic N) is 2. The third-order valence-corrected chi connectivity index (χ3v) is 6.07. The van der Waals surface area contributed by atoms with Crippen molar-refractivity contribution in [2.75, 3.05) is 26.7 Å². The maximum absolute atomic E-state index is 12.8. The first-order valence-electron chi connectivity index (χ1n) is 10.2. The minimum atomic E-state index is -0.552. The van der Waals surface area contributed by atoms with Crippen LogP contribution in [0.4, 0.5) is 0 Å². The molecule has 4 rings (SSSR count). The van der Waals surface area contributed by atoms with Crippen molar-refractivity contribution < 1.29 is 14.4 Å². The Morgan fingerprint density at radius 3 is 2.68 bits per heavy atom. The molecular formula is C21H28N4O3. The number of nitrogens with one attached hydrogen (secondary N) is 2. The molecule has 0 saturated carbocycles. The summed E-state index contributed by atoms with van der Waals surface area (Å²) in [6.45, 7) is 4.58. The molecule has 0 aromatic heterocycles. The Labute approximate surface area is 165 Å². The lowest BCUT2D eigenvalue weighted by Crippen LogP contribution is -2.52. The van der Waals surface area contributed by atoms with Crippen molar-refractivity contribution in [2.45, 2.75) is 44.8 Å². The van der Waals surface area contributed by atoms with E-state index in [1.54, 1.807) is 4.90 Å². The van der Waals surface area contributed by atoms with Gasteiger partial charge >= 0.3 is 0 Å². The van der Waals surface area contributed by atoms with Gasteiger partial charge in [-0.25, -0.2) is 0 Å². The van der Waals surface area contributed by atoms with Crippen LogP contribution in [0.3, 0.4) is 0 Å². The smallest absolute Gasteiger partial charge is 0.255 e. The van der Waals surface area contributed by atoms with Gasteiger partial charge in [-0.2, -0.15) is 0 Å². The molecule has 0 radical (unpaired) electrons. The highest BCUT2D eigenvalue weighted by Crippen LogP contribution is 2.28. The summed E-state index contributed by atoms with van der Waals surface area (Å²) in [6.07, 6.45) is 3.13. The molecule has 2 fully saturated rings. The van der Waals surface area contributed by atoms with Crippen molar-refractivity contribution >= 4 is 17.7 Å². The lowest BCUT2D eigenvalue weighted by Gasteiger charge is -2.29. The van der Waals surface area contributed by atoms with Gasteiger partial charge in [0.15, 0.2) is 0 Å². The SMILES string of the molecule is CN(Cc1ccc2c(c1)CN(C1CCC(=O)NC1=O)C2=O)CC1CCNCC1. The van der Waals surface area contributed by atoms with Gasteiger partial charge in [-0.05, 0) is 62.5 Å². The van der Waals surface area contributed by atoms with Crippen molar-refractivity contribution in [3.8, 4) is 0 Å². The average molecular weight is 384 g/mol. The van der Waals surface area contributed by atoms with Crippen molar-refractivity contribution in [1.82, 2.24) is 20.4 Å². The summed E-state index contributed by atoms with van der Waals surface area (Å²) in [6, 6.07) is 5.45. The van der Waals surface area contributed by atoms with Crippen LogP contribution in [0.1, 0.15) is 47.2 Å². The number of benzene rings is 1. The number of piperidine rings is 2. The second-order valence-electron chi connectivity index (χ2n) is 8.28. The van der Waals surface area contributed by atoms with Crippen LogP contribution >= 0.6 is 0 Å². The summed E-state index contributed by atoms with van der Waals surface area (Å²) < 4.78 is 0. The Morgan fingerprint density at radius 2 is 1.93 bits per heavy atom. The molecule has 7 heteroatoms. The second-order valence-corrected chi connectivity index (χ2v) is 8.28. The maximum atomic E-state index is 12.8. The molecule has 1 unspecified atom stereocenters. The van der Waals surface area contributed by atoms with Gasteiger partial charge in [0.1, 0.15) is 6.04 Å². The van der Waals surface area contributed by atoms with E-state index in [1.165, 1.54) is 18.4 Å². The predicted octanol–water partition coefficient (Wildman–Crippen LogP) is 0.879. The highest BCUT2D eigenvalue weighted by Gasteiger charge is 2.39. The van der Waals surface area contributed by atoms with Crippen LogP contribution in [0, 0.1) is 5.92 Å². The van der Waals surface area contributed by atoms with Gasteiger partial charge < -0.3 is 15.1 Å². The van der Waals surface area contributed by atoms with Crippen LogP contribution in [-0.2, 0) is 22.7 Å². The monoisotopic (exact) mass is 384 g/mol. The Hall–Kier alpha value is -2.25. The standard InChI is InChI=1S/C21H28N4O3/c1-24(11-14-6-8-22-9-7-14)12-15-2-3-17-16(10-15)13-25(21(17)28)18-4-5-19(26)23-20(18)27/h2-3,10,14,18,22H,4-9,11-13H2,1H3,(H,23,26,27). The van der Waals surface area contributed by atoms with E-state index in [0.29, 0.717) is 18.5 Å². The van der Waals surface area contributed by atoms with Gasteiger partial charge in [0.25, 0.3) is 5.91 Å². The molecule has 150 valence electrons. The number of hydrogen-bond donors (Lipinski definition) is 2. The molecule has 1 aromatic rings. The molecule has 1 aromatic carbocycles. The van der Waals surface area contributed by atoms with E-state index >= 15 is 0 Å². The summed E-state index contributed by atoms with van der Waals surface area (Å²) in [7, 11) is 2.15. The molecule has 1 atom stereocenters. The first-order valence-corrected chi connectivity index (χ1v) is 10.2. The highest BCUT2D eigenvalue weighted by molar-refractivity contribution is 6.05. The first kappa shape index (κ1) is 19.1. The van der Waals surface area contributed by atoms with Crippen molar-refractivity contribution in [3.63, 3.8) is 0 Å². The third-order valence-electron chi connectivity index (χ3n) is 6.07. The Kier molecular flexibility index (Phi) is 5.46. The van der Waals surface area contributed by atoms with Crippen LogP contribution < -0.4 is 10.6 Å². The molecule has 3 amide bonds.